The molecule has 0 N–H and O–H groups in total. The number of carbonyl (C=O) groups excluding carboxylic acids is 3. The maximum Gasteiger partial charge on any atom is 0.263 e. The standard InChI is InChI=1S/C25H33N3O4/c1-4-26(14-17(2)3)23(29)18-8-6-12-27(15-18)21-11-5-10-20-22(21)25(31)28(24(20)30)16-19-9-7-13-32-19/h5,10-11,18-19H,2,4,6-9,12-16H2,1,3H3/t18-,19+/m1/s1. The van der Waals surface area contributed by atoms with Crippen LogP contribution >= 0.6 is 0 Å². The molecule has 0 spiro atoms. The molecule has 7 nitrogen and oxygen atoms in total. The number of hydrogen-bond acceptors (Lipinski definition) is 5. The molecule has 4 rings (SSSR count). The quantitative estimate of drug-likeness (QED) is 0.482. The van der Waals surface area contributed by atoms with E-state index in [1.54, 1.807) is 6.07 Å². The van der Waals surface area contributed by atoms with Gasteiger partial charge in [-0.15, -0.1) is 0 Å². The van der Waals surface area contributed by atoms with Crippen molar-refractivity contribution in [1.29, 1.82) is 0 Å². The van der Waals surface area contributed by atoms with Gasteiger partial charge in [0.05, 0.1) is 35.4 Å². The van der Waals surface area contributed by atoms with Crippen LogP contribution in [0.15, 0.2) is 30.4 Å². The van der Waals surface area contributed by atoms with Crippen molar-refractivity contribution in [2.24, 2.45) is 5.92 Å². The van der Waals surface area contributed by atoms with Crippen LogP contribution in [0.3, 0.4) is 0 Å². The number of fused-ring (bicyclic) bond motifs is 1. The predicted molar refractivity (Wildman–Crippen MR) is 123 cm³/mol. The molecule has 0 saturated carbocycles. The summed E-state index contributed by atoms with van der Waals surface area (Å²) in [5.41, 5.74) is 2.65. The molecule has 3 aliphatic heterocycles. The van der Waals surface area contributed by atoms with Crippen LogP contribution in [-0.4, -0.2) is 73.0 Å². The predicted octanol–water partition coefficient (Wildman–Crippen LogP) is 3.10. The summed E-state index contributed by atoms with van der Waals surface area (Å²) in [6.45, 7) is 11.4. The number of amides is 3. The number of hydrogen-bond donors (Lipinski definition) is 0. The number of nitrogens with zero attached hydrogens (tertiary/aromatic N) is 3. The van der Waals surface area contributed by atoms with Gasteiger partial charge in [-0.1, -0.05) is 18.2 Å². The molecule has 2 fully saturated rings. The Bertz CT molecular complexity index is 922. The normalized spacial score (nSPS) is 22.9. The zero-order valence-electron chi connectivity index (χ0n) is 19.1. The van der Waals surface area contributed by atoms with Crippen molar-refractivity contribution in [2.75, 3.05) is 44.2 Å². The summed E-state index contributed by atoms with van der Waals surface area (Å²) in [4.78, 5) is 44.7. The average Bonchev–Trinajstić information content (AvgIpc) is 3.40. The number of benzene rings is 1. The minimum absolute atomic E-state index is 0.0778. The zero-order chi connectivity index (χ0) is 22.8. The van der Waals surface area contributed by atoms with Crippen LogP contribution in [0.5, 0.6) is 0 Å². The molecule has 32 heavy (non-hydrogen) atoms. The van der Waals surface area contributed by atoms with E-state index in [9.17, 15) is 14.4 Å². The highest BCUT2D eigenvalue weighted by Gasteiger charge is 2.41. The monoisotopic (exact) mass is 439 g/mol. The number of imide groups is 1. The van der Waals surface area contributed by atoms with Crippen LogP contribution in [0, 0.1) is 5.92 Å². The van der Waals surface area contributed by atoms with Crippen molar-refractivity contribution in [1.82, 2.24) is 9.80 Å². The van der Waals surface area contributed by atoms with Gasteiger partial charge in [0.1, 0.15) is 0 Å². The first kappa shape index (κ1) is 22.5. The molecule has 1 aromatic carbocycles. The second-order valence-electron chi connectivity index (χ2n) is 9.15. The van der Waals surface area contributed by atoms with Crippen LogP contribution in [0.25, 0.3) is 0 Å². The summed E-state index contributed by atoms with van der Waals surface area (Å²) in [6.07, 6.45) is 3.45. The number of piperidine rings is 1. The van der Waals surface area contributed by atoms with Gasteiger partial charge in [0.25, 0.3) is 11.8 Å². The molecule has 0 aliphatic carbocycles. The lowest BCUT2D eigenvalue weighted by Crippen LogP contribution is -2.45. The van der Waals surface area contributed by atoms with Crippen molar-refractivity contribution in [3.63, 3.8) is 0 Å². The molecule has 2 saturated heterocycles. The van der Waals surface area contributed by atoms with Crippen molar-refractivity contribution >= 4 is 23.4 Å². The van der Waals surface area contributed by atoms with Gasteiger partial charge in [-0.25, -0.2) is 0 Å². The molecule has 3 amide bonds. The van der Waals surface area contributed by atoms with Gasteiger partial charge in [-0.05, 0) is 51.7 Å². The van der Waals surface area contributed by atoms with Gasteiger partial charge in [0.2, 0.25) is 5.91 Å². The third-order valence-corrected chi connectivity index (χ3v) is 6.65. The third-order valence-electron chi connectivity index (χ3n) is 6.65. The smallest absolute Gasteiger partial charge is 0.263 e. The second kappa shape index (κ2) is 9.45. The van der Waals surface area contributed by atoms with E-state index in [1.165, 1.54) is 4.90 Å². The molecule has 0 bridgehead atoms. The summed E-state index contributed by atoms with van der Waals surface area (Å²) >= 11 is 0. The van der Waals surface area contributed by atoms with Gasteiger partial charge >= 0.3 is 0 Å². The number of ether oxygens (including phenoxy) is 1. The van der Waals surface area contributed by atoms with E-state index in [1.807, 2.05) is 30.9 Å². The van der Waals surface area contributed by atoms with Gasteiger partial charge in [-0.2, -0.15) is 0 Å². The number of anilines is 1. The minimum Gasteiger partial charge on any atom is -0.376 e. The van der Waals surface area contributed by atoms with Gasteiger partial charge in [0, 0.05) is 32.8 Å². The summed E-state index contributed by atoms with van der Waals surface area (Å²) in [5, 5.41) is 0. The fourth-order valence-corrected chi connectivity index (χ4v) is 5.06. The molecular formula is C25H33N3O4. The lowest BCUT2D eigenvalue weighted by molar-refractivity contribution is -0.135. The first-order valence-electron chi connectivity index (χ1n) is 11.7. The Morgan fingerprint density at radius 1 is 1.22 bits per heavy atom. The van der Waals surface area contributed by atoms with E-state index < -0.39 is 0 Å². The number of likely N-dealkylation sites (N-methyl/N-ethyl adjacent to an activating group) is 1. The highest BCUT2D eigenvalue weighted by molar-refractivity contribution is 6.23. The van der Waals surface area contributed by atoms with Crippen molar-refractivity contribution in [3.05, 3.63) is 41.5 Å². The number of rotatable bonds is 7. The molecular weight excluding hydrogens is 406 g/mol. The highest BCUT2D eigenvalue weighted by atomic mass is 16.5. The second-order valence-corrected chi connectivity index (χ2v) is 9.15. The van der Waals surface area contributed by atoms with Crippen LogP contribution in [0.2, 0.25) is 0 Å². The van der Waals surface area contributed by atoms with Crippen LogP contribution in [-0.2, 0) is 9.53 Å². The first-order chi connectivity index (χ1) is 15.4. The Kier molecular flexibility index (Phi) is 6.65. The lowest BCUT2D eigenvalue weighted by Gasteiger charge is -2.36. The molecule has 172 valence electrons. The fraction of sp³-hybridized carbons (Fsp3) is 0.560. The molecule has 7 heteroatoms. The van der Waals surface area contributed by atoms with E-state index in [-0.39, 0.29) is 29.7 Å². The molecule has 0 unspecified atom stereocenters. The average molecular weight is 440 g/mol. The zero-order valence-corrected chi connectivity index (χ0v) is 19.1. The van der Waals surface area contributed by atoms with Gasteiger partial charge < -0.3 is 14.5 Å². The van der Waals surface area contributed by atoms with Crippen molar-refractivity contribution in [3.8, 4) is 0 Å². The molecule has 1 aromatic rings. The van der Waals surface area contributed by atoms with E-state index in [0.29, 0.717) is 43.9 Å². The maximum absolute atomic E-state index is 13.3. The summed E-state index contributed by atoms with van der Waals surface area (Å²) in [7, 11) is 0. The molecule has 2 atom stereocenters. The Morgan fingerprint density at radius 2 is 2.03 bits per heavy atom. The molecule has 0 radical (unpaired) electrons. The van der Waals surface area contributed by atoms with E-state index in [4.69, 9.17) is 4.74 Å². The fourth-order valence-electron chi connectivity index (χ4n) is 5.06. The molecule has 0 aromatic heterocycles. The topological polar surface area (TPSA) is 70.2 Å². The Balaban J connectivity index is 1.54. The maximum atomic E-state index is 13.3. The number of carbonyl (C=O) groups is 3. The van der Waals surface area contributed by atoms with E-state index >= 15 is 0 Å². The largest absolute Gasteiger partial charge is 0.376 e. The van der Waals surface area contributed by atoms with Crippen molar-refractivity contribution in [2.45, 2.75) is 45.6 Å². The Labute approximate surface area is 190 Å². The molecule has 3 heterocycles. The van der Waals surface area contributed by atoms with Crippen LogP contribution in [0.4, 0.5) is 5.69 Å². The van der Waals surface area contributed by atoms with Gasteiger partial charge in [0.15, 0.2) is 0 Å². The summed E-state index contributed by atoms with van der Waals surface area (Å²) in [6, 6.07) is 5.46. The lowest BCUT2D eigenvalue weighted by atomic mass is 9.94. The van der Waals surface area contributed by atoms with Crippen LogP contribution < -0.4 is 4.90 Å². The summed E-state index contributed by atoms with van der Waals surface area (Å²) < 4.78 is 5.65. The first-order valence-corrected chi connectivity index (χ1v) is 11.7. The van der Waals surface area contributed by atoms with Gasteiger partial charge in [-0.3, -0.25) is 19.3 Å². The van der Waals surface area contributed by atoms with Crippen molar-refractivity contribution < 1.29 is 19.1 Å². The van der Waals surface area contributed by atoms with Crippen LogP contribution in [0.1, 0.15) is 60.2 Å². The van der Waals surface area contributed by atoms with E-state index in [0.717, 1.165) is 43.5 Å². The highest BCUT2D eigenvalue weighted by Crippen LogP contribution is 2.35. The minimum atomic E-state index is -0.248. The Hall–Kier alpha value is -2.67. The van der Waals surface area contributed by atoms with E-state index in [2.05, 4.69) is 11.5 Å². The molecule has 3 aliphatic rings. The Morgan fingerprint density at radius 3 is 2.72 bits per heavy atom. The SMILES string of the molecule is C=C(C)CN(CC)C(=O)[C@@H]1CCCN(c2cccc3c2C(=O)N(C[C@@H]2CCCO2)C3=O)C1. The summed E-state index contributed by atoms with van der Waals surface area (Å²) in [5.74, 6) is -0.489. The third kappa shape index (κ3) is 4.31.